The molecule has 1 heterocycles. The zero-order chi connectivity index (χ0) is 11.6. The Hall–Kier alpha value is -0.880. The second-order valence-electron chi connectivity index (χ2n) is 4.00. The van der Waals surface area contributed by atoms with E-state index < -0.39 is 5.60 Å². The average molecular weight is 328 g/mol. The van der Waals surface area contributed by atoms with E-state index in [2.05, 4.69) is 27.7 Å². The van der Waals surface area contributed by atoms with Crippen molar-refractivity contribution >= 4 is 22.6 Å². The lowest BCUT2D eigenvalue weighted by atomic mass is 9.96. The van der Waals surface area contributed by atoms with Gasteiger partial charge in [0.25, 0.3) is 0 Å². The summed E-state index contributed by atoms with van der Waals surface area (Å²) in [7, 11) is 0. The van der Waals surface area contributed by atoms with Crippen molar-refractivity contribution in [1.82, 2.24) is 9.78 Å². The van der Waals surface area contributed by atoms with Crippen molar-refractivity contribution in [3.8, 4) is 0 Å². The van der Waals surface area contributed by atoms with Crippen LogP contribution in [0.15, 0.2) is 42.7 Å². The number of benzene rings is 1. The third-order valence-corrected chi connectivity index (χ3v) is 3.02. The molecule has 0 saturated carbocycles. The Morgan fingerprint density at radius 3 is 2.62 bits per heavy atom. The minimum absolute atomic E-state index is 0.458. The van der Waals surface area contributed by atoms with Crippen LogP contribution >= 0.6 is 22.6 Å². The van der Waals surface area contributed by atoms with Crippen molar-refractivity contribution in [1.29, 1.82) is 0 Å². The largest absolute Gasteiger partial charge is 0.384 e. The Balaban J connectivity index is 2.20. The van der Waals surface area contributed by atoms with Gasteiger partial charge in [-0.1, -0.05) is 30.3 Å². The van der Waals surface area contributed by atoms with E-state index in [0.717, 1.165) is 9.13 Å². The molecule has 1 unspecified atom stereocenters. The van der Waals surface area contributed by atoms with Crippen LogP contribution in [0.1, 0.15) is 12.5 Å². The fraction of sp³-hybridized carbons (Fsp3) is 0.250. The third-order valence-electron chi connectivity index (χ3n) is 2.47. The highest BCUT2D eigenvalue weighted by molar-refractivity contribution is 14.1. The van der Waals surface area contributed by atoms with Gasteiger partial charge >= 0.3 is 0 Å². The van der Waals surface area contributed by atoms with E-state index in [0.29, 0.717) is 6.54 Å². The first kappa shape index (κ1) is 11.6. The molecule has 16 heavy (non-hydrogen) atoms. The molecular weight excluding hydrogens is 315 g/mol. The van der Waals surface area contributed by atoms with Crippen molar-refractivity contribution in [3.63, 3.8) is 0 Å². The summed E-state index contributed by atoms with van der Waals surface area (Å²) in [5, 5.41) is 14.6. The van der Waals surface area contributed by atoms with Gasteiger partial charge in [-0.15, -0.1) is 0 Å². The quantitative estimate of drug-likeness (QED) is 0.879. The summed E-state index contributed by atoms with van der Waals surface area (Å²) < 4.78 is 2.83. The van der Waals surface area contributed by atoms with Crippen LogP contribution < -0.4 is 0 Å². The maximum Gasteiger partial charge on any atom is 0.106 e. The molecule has 2 rings (SSSR count). The number of aromatic nitrogens is 2. The normalized spacial score (nSPS) is 14.7. The molecule has 2 aromatic rings. The summed E-state index contributed by atoms with van der Waals surface area (Å²) in [6.45, 7) is 2.26. The van der Waals surface area contributed by atoms with Gasteiger partial charge in [-0.05, 0) is 35.1 Å². The second-order valence-corrected chi connectivity index (χ2v) is 5.24. The van der Waals surface area contributed by atoms with Crippen molar-refractivity contribution in [3.05, 3.63) is 51.9 Å². The average Bonchev–Trinajstić information content (AvgIpc) is 2.64. The second kappa shape index (κ2) is 4.55. The van der Waals surface area contributed by atoms with E-state index in [1.165, 1.54) is 0 Å². The Morgan fingerprint density at radius 1 is 1.38 bits per heavy atom. The lowest BCUT2D eigenvalue weighted by Gasteiger charge is -2.23. The SMILES string of the molecule is CC(O)(Cn1cc(I)cn1)c1ccccc1. The molecule has 1 atom stereocenters. The molecule has 1 N–H and O–H groups in total. The summed E-state index contributed by atoms with van der Waals surface area (Å²) in [5.74, 6) is 0. The smallest absolute Gasteiger partial charge is 0.106 e. The number of nitrogens with zero attached hydrogens (tertiary/aromatic N) is 2. The van der Waals surface area contributed by atoms with Crippen LogP contribution in [-0.2, 0) is 12.1 Å². The Labute approximate surface area is 108 Å². The first-order chi connectivity index (χ1) is 7.58. The lowest BCUT2D eigenvalue weighted by molar-refractivity contribution is 0.0346. The van der Waals surface area contributed by atoms with Crippen molar-refractivity contribution < 1.29 is 5.11 Å². The van der Waals surface area contributed by atoms with Crippen LogP contribution in [0.25, 0.3) is 0 Å². The van der Waals surface area contributed by atoms with Gasteiger partial charge in [-0.25, -0.2) is 0 Å². The topological polar surface area (TPSA) is 38.0 Å². The maximum absolute atomic E-state index is 10.4. The summed E-state index contributed by atoms with van der Waals surface area (Å²) in [6.07, 6.45) is 3.69. The summed E-state index contributed by atoms with van der Waals surface area (Å²) in [4.78, 5) is 0. The number of aliphatic hydroxyl groups is 1. The van der Waals surface area contributed by atoms with Gasteiger partial charge in [-0.3, -0.25) is 4.68 Å². The summed E-state index contributed by atoms with van der Waals surface area (Å²) in [5.41, 5.74) is 0.0107. The first-order valence-corrected chi connectivity index (χ1v) is 6.12. The zero-order valence-electron chi connectivity index (χ0n) is 8.97. The molecule has 0 spiro atoms. The van der Waals surface area contributed by atoms with Crippen LogP contribution in [0.2, 0.25) is 0 Å². The predicted octanol–water partition coefficient (Wildman–Crippen LogP) is 2.40. The van der Waals surface area contributed by atoms with Gasteiger partial charge in [-0.2, -0.15) is 5.10 Å². The van der Waals surface area contributed by atoms with Gasteiger partial charge in [0, 0.05) is 6.20 Å². The molecule has 0 radical (unpaired) electrons. The number of hydrogen-bond donors (Lipinski definition) is 1. The standard InChI is InChI=1S/C12H13IN2O/c1-12(16,10-5-3-2-4-6-10)9-15-8-11(13)7-14-15/h2-8,16H,9H2,1H3. The fourth-order valence-corrected chi connectivity index (χ4v) is 2.07. The van der Waals surface area contributed by atoms with E-state index in [-0.39, 0.29) is 0 Å². The van der Waals surface area contributed by atoms with E-state index in [1.807, 2.05) is 36.5 Å². The first-order valence-electron chi connectivity index (χ1n) is 5.04. The third kappa shape index (κ3) is 2.62. The molecule has 84 valence electrons. The highest BCUT2D eigenvalue weighted by Crippen LogP contribution is 2.22. The molecule has 0 aliphatic heterocycles. The molecule has 1 aromatic carbocycles. The molecule has 3 nitrogen and oxygen atoms in total. The van der Waals surface area contributed by atoms with Gasteiger partial charge in [0.15, 0.2) is 0 Å². The predicted molar refractivity (Wildman–Crippen MR) is 71.0 cm³/mol. The van der Waals surface area contributed by atoms with Crippen molar-refractivity contribution in [2.45, 2.75) is 19.1 Å². The van der Waals surface area contributed by atoms with Crippen LogP contribution in [0.5, 0.6) is 0 Å². The fourth-order valence-electron chi connectivity index (χ4n) is 1.63. The van der Waals surface area contributed by atoms with Crippen LogP contribution in [0, 0.1) is 3.57 Å². The lowest BCUT2D eigenvalue weighted by Crippen LogP contribution is -2.27. The van der Waals surface area contributed by atoms with E-state index in [4.69, 9.17) is 0 Å². The highest BCUT2D eigenvalue weighted by Gasteiger charge is 2.23. The van der Waals surface area contributed by atoms with Gasteiger partial charge in [0.1, 0.15) is 5.60 Å². The monoisotopic (exact) mass is 328 g/mol. The molecule has 0 amide bonds. The van der Waals surface area contributed by atoms with Crippen molar-refractivity contribution in [2.75, 3.05) is 0 Å². The van der Waals surface area contributed by atoms with Crippen LogP contribution in [-0.4, -0.2) is 14.9 Å². The number of rotatable bonds is 3. The molecule has 0 aliphatic rings. The minimum atomic E-state index is -0.893. The van der Waals surface area contributed by atoms with E-state index in [1.54, 1.807) is 17.8 Å². The van der Waals surface area contributed by atoms with Gasteiger partial charge in [0.05, 0.1) is 16.3 Å². The number of hydrogen-bond acceptors (Lipinski definition) is 2. The van der Waals surface area contributed by atoms with Crippen LogP contribution in [0.3, 0.4) is 0 Å². The Bertz CT molecular complexity index is 465. The Morgan fingerprint density at radius 2 is 2.06 bits per heavy atom. The molecule has 4 heteroatoms. The molecule has 0 bridgehead atoms. The summed E-state index contributed by atoms with van der Waals surface area (Å²) in [6, 6.07) is 9.65. The molecule has 0 fully saturated rings. The van der Waals surface area contributed by atoms with Crippen LogP contribution in [0.4, 0.5) is 0 Å². The van der Waals surface area contributed by atoms with E-state index >= 15 is 0 Å². The highest BCUT2D eigenvalue weighted by atomic mass is 127. The minimum Gasteiger partial charge on any atom is -0.384 e. The number of halogens is 1. The van der Waals surface area contributed by atoms with Gasteiger partial charge in [0.2, 0.25) is 0 Å². The maximum atomic E-state index is 10.4. The van der Waals surface area contributed by atoms with Crippen molar-refractivity contribution in [2.24, 2.45) is 0 Å². The molecule has 0 aliphatic carbocycles. The summed E-state index contributed by atoms with van der Waals surface area (Å²) >= 11 is 2.20. The zero-order valence-corrected chi connectivity index (χ0v) is 11.1. The Kier molecular flexibility index (Phi) is 3.30. The molecule has 1 aromatic heterocycles. The molecular formula is C12H13IN2O. The van der Waals surface area contributed by atoms with E-state index in [9.17, 15) is 5.11 Å². The van der Waals surface area contributed by atoms with Gasteiger partial charge < -0.3 is 5.11 Å². The molecule has 0 saturated heterocycles.